The Morgan fingerprint density at radius 2 is 2.33 bits per heavy atom. The number of thioether (sulfide) groups is 1. The van der Waals surface area contributed by atoms with E-state index in [1.165, 1.54) is 30.6 Å². The largest absolute Gasteiger partial charge is 0.308 e. The van der Waals surface area contributed by atoms with Gasteiger partial charge in [0.25, 0.3) is 0 Å². The molecule has 0 spiro atoms. The lowest BCUT2D eigenvalue weighted by atomic mass is 9.97. The van der Waals surface area contributed by atoms with Crippen LogP contribution in [0.15, 0.2) is 17.5 Å². The van der Waals surface area contributed by atoms with E-state index in [4.69, 9.17) is 6.42 Å². The van der Waals surface area contributed by atoms with Gasteiger partial charge in [-0.1, -0.05) is 24.8 Å². The molecule has 98 valence electrons. The fourth-order valence-electron chi connectivity index (χ4n) is 2.68. The summed E-state index contributed by atoms with van der Waals surface area (Å²) in [6.45, 7) is 1.06. The molecule has 0 aromatic carbocycles. The molecule has 1 heterocycles. The molecule has 1 nitrogen and oxygen atoms in total. The van der Waals surface area contributed by atoms with Crippen molar-refractivity contribution in [2.45, 2.75) is 31.7 Å². The normalized spacial score (nSPS) is 17.7. The van der Waals surface area contributed by atoms with E-state index >= 15 is 0 Å². The maximum atomic E-state index is 5.26. The second-order valence-corrected chi connectivity index (χ2v) is 6.83. The molecule has 2 rings (SSSR count). The van der Waals surface area contributed by atoms with Crippen molar-refractivity contribution in [1.82, 2.24) is 5.32 Å². The molecule has 1 atom stereocenters. The molecule has 1 saturated carbocycles. The minimum Gasteiger partial charge on any atom is -0.308 e. The molecule has 1 aliphatic rings. The van der Waals surface area contributed by atoms with Crippen molar-refractivity contribution in [3.8, 4) is 12.3 Å². The Morgan fingerprint density at radius 1 is 1.50 bits per heavy atom. The summed E-state index contributed by atoms with van der Waals surface area (Å²) in [5.41, 5.74) is 0. The zero-order valence-electron chi connectivity index (χ0n) is 10.7. The molecule has 18 heavy (non-hydrogen) atoms. The molecule has 3 heteroatoms. The first-order chi connectivity index (χ1) is 8.92. The summed E-state index contributed by atoms with van der Waals surface area (Å²) in [5.74, 6) is 5.45. The van der Waals surface area contributed by atoms with Gasteiger partial charge in [0.2, 0.25) is 0 Å². The highest BCUT2D eigenvalue weighted by molar-refractivity contribution is 7.99. The van der Waals surface area contributed by atoms with E-state index in [9.17, 15) is 0 Å². The van der Waals surface area contributed by atoms with E-state index in [-0.39, 0.29) is 0 Å². The fourth-order valence-corrected chi connectivity index (χ4v) is 4.09. The highest BCUT2D eigenvalue weighted by Gasteiger charge is 2.26. The van der Waals surface area contributed by atoms with Gasteiger partial charge in [-0.15, -0.1) is 29.5 Å². The second kappa shape index (κ2) is 7.89. The minimum atomic E-state index is 0.568. The van der Waals surface area contributed by atoms with E-state index in [1.54, 1.807) is 0 Å². The van der Waals surface area contributed by atoms with Crippen molar-refractivity contribution in [3.63, 3.8) is 0 Å². The lowest BCUT2D eigenvalue weighted by Crippen LogP contribution is -2.28. The number of nitrogens with one attached hydrogen (secondary N) is 1. The van der Waals surface area contributed by atoms with Gasteiger partial charge in [0.1, 0.15) is 0 Å². The number of hydrogen-bond donors (Lipinski definition) is 1. The van der Waals surface area contributed by atoms with Gasteiger partial charge in [-0.2, -0.15) is 0 Å². The highest BCUT2D eigenvalue weighted by atomic mass is 32.2. The van der Waals surface area contributed by atoms with E-state index in [0.717, 1.165) is 24.0 Å². The third-order valence-electron chi connectivity index (χ3n) is 3.52. The molecule has 1 fully saturated rings. The number of rotatable bonds is 7. The average Bonchev–Trinajstić information content (AvgIpc) is 3.06. The van der Waals surface area contributed by atoms with Gasteiger partial charge in [-0.3, -0.25) is 0 Å². The molecule has 1 N–H and O–H groups in total. The molecular formula is C15H21NS2. The van der Waals surface area contributed by atoms with Gasteiger partial charge in [0, 0.05) is 23.2 Å². The standard InChI is InChI=1S/C15H21NS2/c1-2-10-17-12-9-16-15(13-6-3-4-7-13)14-8-5-11-18-14/h1,5,8,11,13,15-16H,3-4,6-7,9-10,12H2. The third-order valence-corrected chi connectivity index (χ3v) is 5.34. The smallest absolute Gasteiger partial charge is 0.0545 e. The van der Waals surface area contributed by atoms with Crippen LogP contribution in [0, 0.1) is 18.3 Å². The van der Waals surface area contributed by atoms with Crippen LogP contribution in [0.3, 0.4) is 0 Å². The summed E-state index contributed by atoms with van der Waals surface area (Å²) in [6, 6.07) is 5.00. The summed E-state index contributed by atoms with van der Waals surface area (Å²) in [5, 5.41) is 5.93. The van der Waals surface area contributed by atoms with Crippen LogP contribution in [0.25, 0.3) is 0 Å². The predicted octanol–water partition coefficient (Wildman–Crippen LogP) is 3.94. The Bertz CT molecular complexity index is 360. The number of terminal acetylenes is 1. The van der Waals surface area contributed by atoms with Crippen LogP contribution in [0.2, 0.25) is 0 Å². The monoisotopic (exact) mass is 279 g/mol. The molecule has 0 amide bonds. The molecule has 1 aromatic rings. The summed E-state index contributed by atoms with van der Waals surface area (Å²) < 4.78 is 0. The molecule has 0 radical (unpaired) electrons. The van der Waals surface area contributed by atoms with E-state index < -0.39 is 0 Å². The average molecular weight is 279 g/mol. The summed E-state index contributed by atoms with van der Waals surface area (Å²) >= 11 is 3.72. The quantitative estimate of drug-likeness (QED) is 0.599. The van der Waals surface area contributed by atoms with E-state index in [1.807, 2.05) is 23.1 Å². The number of thiophene rings is 1. The lowest BCUT2D eigenvalue weighted by Gasteiger charge is -2.23. The van der Waals surface area contributed by atoms with Crippen molar-refractivity contribution >= 4 is 23.1 Å². The fraction of sp³-hybridized carbons (Fsp3) is 0.600. The summed E-state index contributed by atoms with van der Waals surface area (Å²) in [4.78, 5) is 1.50. The highest BCUT2D eigenvalue weighted by Crippen LogP contribution is 2.37. The van der Waals surface area contributed by atoms with Crippen molar-refractivity contribution in [2.75, 3.05) is 18.1 Å². The van der Waals surface area contributed by atoms with Crippen molar-refractivity contribution in [3.05, 3.63) is 22.4 Å². The first-order valence-electron chi connectivity index (χ1n) is 6.70. The second-order valence-electron chi connectivity index (χ2n) is 4.75. The molecule has 0 bridgehead atoms. The van der Waals surface area contributed by atoms with Gasteiger partial charge in [0.05, 0.1) is 5.75 Å². The zero-order valence-corrected chi connectivity index (χ0v) is 12.4. The van der Waals surface area contributed by atoms with Crippen LogP contribution in [0.4, 0.5) is 0 Å². The molecular weight excluding hydrogens is 258 g/mol. The minimum absolute atomic E-state index is 0.568. The Kier molecular flexibility index (Phi) is 6.13. The molecule has 1 unspecified atom stereocenters. The first-order valence-corrected chi connectivity index (χ1v) is 8.73. The topological polar surface area (TPSA) is 12.0 Å². The van der Waals surface area contributed by atoms with E-state index in [2.05, 4.69) is 28.8 Å². The van der Waals surface area contributed by atoms with Gasteiger partial charge in [-0.05, 0) is 30.2 Å². The van der Waals surface area contributed by atoms with Crippen LogP contribution >= 0.6 is 23.1 Å². The van der Waals surface area contributed by atoms with E-state index in [0.29, 0.717) is 6.04 Å². The van der Waals surface area contributed by atoms with Gasteiger partial charge in [0.15, 0.2) is 0 Å². The maximum Gasteiger partial charge on any atom is 0.0545 e. The van der Waals surface area contributed by atoms with Crippen LogP contribution in [0.1, 0.15) is 36.6 Å². The molecule has 1 aliphatic carbocycles. The maximum absolute atomic E-state index is 5.26. The Balaban J connectivity index is 1.83. The third kappa shape index (κ3) is 4.05. The van der Waals surface area contributed by atoms with Crippen molar-refractivity contribution < 1.29 is 0 Å². The SMILES string of the molecule is C#CCSCCNC(c1cccs1)C1CCCC1. The predicted molar refractivity (Wildman–Crippen MR) is 83.2 cm³/mol. The van der Waals surface area contributed by atoms with Crippen LogP contribution < -0.4 is 5.32 Å². The van der Waals surface area contributed by atoms with Crippen LogP contribution in [-0.4, -0.2) is 18.1 Å². The van der Waals surface area contributed by atoms with Gasteiger partial charge < -0.3 is 5.32 Å². The van der Waals surface area contributed by atoms with Crippen LogP contribution in [0.5, 0.6) is 0 Å². The lowest BCUT2D eigenvalue weighted by molar-refractivity contribution is 0.380. The molecule has 1 aromatic heterocycles. The van der Waals surface area contributed by atoms with Gasteiger partial charge in [-0.25, -0.2) is 0 Å². The Morgan fingerprint density at radius 3 is 3.00 bits per heavy atom. The van der Waals surface area contributed by atoms with Gasteiger partial charge >= 0.3 is 0 Å². The number of hydrogen-bond acceptors (Lipinski definition) is 3. The van der Waals surface area contributed by atoms with Crippen molar-refractivity contribution in [1.29, 1.82) is 0 Å². The summed E-state index contributed by atoms with van der Waals surface area (Å²) in [7, 11) is 0. The summed E-state index contributed by atoms with van der Waals surface area (Å²) in [6.07, 6.45) is 10.8. The molecule has 0 saturated heterocycles. The molecule has 0 aliphatic heterocycles. The zero-order chi connectivity index (χ0) is 12.6. The Hall–Kier alpha value is -0.430. The first kappa shape index (κ1) is 14.0. The van der Waals surface area contributed by atoms with Crippen LogP contribution in [-0.2, 0) is 0 Å². The van der Waals surface area contributed by atoms with Crippen molar-refractivity contribution in [2.24, 2.45) is 5.92 Å². The Labute approximate surface area is 119 Å².